The summed E-state index contributed by atoms with van der Waals surface area (Å²) in [4.78, 5) is 26.7. The average Bonchev–Trinajstić information content (AvgIpc) is 3.65. The molecule has 0 atom stereocenters. The maximum absolute atomic E-state index is 13.0. The van der Waals surface area contributed by atoms with Gasteiger partial charge >= 0.3 is 0 Å². The van der Waals surface area contributed by atoms with Crippen molar-refractivity contribution >= 4 is 35.1 Å². The number of nitrogens with zero attached hydrogens (tertiary/aromatic N) is 8. The molecule has 216 valence electrons. The van der Waals surface area contributed by atoms with Crippen molar-refractivity contribution in [3.63, 3.8) is 0 Å². The summed E-state index contributed by atoms with van der Waals surface area (Å²) in [5.74, 6) is 1.37. The van der Waals surface area contributed by atoms with E-state index in [0.717, 1.165) is 48.4 Å². The minimum Gasteiger partial charge on any atom is -0.378 e. The number of piperidine rings is 1. The van der Waals surface area contributed by atoms with Crippen LogP contribution in [0.1, 0.15) is 54.2 Å². The van der Waals surface area contributed by atoms with Crippen molar-refractivity contribution in [1.29, 1.82) is 0 Å². The normalized spacial score (nSPS) is 16.6. The molecule has 1 aromatic carbocycles. The Kier molecular flexibility index (Phi) is 7.78. The smallest absolute Gasteiger partial charge is 0.274 e. The van der Waals surface area contributed by atoms with E-state index in [1.54, 1.807) is 26.4 Å². The summed E-state index contributed by atoms with van der Waals surface area (Å²) in [5, 5.41) is 13.2. The van der Waals surface area contributed by atoms with Crippen molar-refractivity contribution in [2.45, 2.75) is 45.2 Å². The van der Waals surface area contributed by atoms with E-state index < -0.39 is 0 Å². The molecular formula is C28H35ClN10O2. The summed E-state index contributed by atoms with van der Waals surface area (Å²) >= 11 is 6.72. The molecule has 2 saturated heterocycles. The van der Waals surface area contributed by atoms with Crippen molar-refractivity contribution < 1.29 is 9.53 Å². The summed E-state index contributed by atoms with van der Waals surface area (Å²) < 4.78 is 8.82. The first-order valence-electron chi connectivity index (χ1n) is 14.1. The van der Waals surface area contributed by atoms with Gasteiger partial charge in [-0.25, -0.2) is 4.68 Å². The zero-order valence-corrected chi connectivity index (χ0v) is 24.1. The van der Waals surface area contributed by atoms with E-state index in [-0.39, 0.29) is 17.9 Å². The second kappa shape index (κ2) is 11.6. The molecule has 2 fully saturated rings. The Labute approximate surface area is 243 Å². The van der Waals surface area contributed by atoms with Gasteiger partial charge in [-0.1, -0.05) is 31.5 Å². The molecule has 4 aromatic rings. The lowest BCUT2D eigenvalue weighted by atomic mass is 10.1. The number of fused-ring (bicyclic) bond motifs is 1. The molecule has 0 bridgehead atoms. The number of benzene rings is 1. The van der Waals surface area contributed by atoms with E-state index in [0.29, 0.717) is 55.5 Å². The van der Waals surface area contributed by atoms with Gasteiger partial charge in [0.15, 0.2) is 11.3 Å². The van der Waals surface area contributed by atoms with Gasteiger partial charge in [-0.05, 0) is 37.0 Å². The number of halogens is 1. The second-order valence-corrected chi connectivity index (χ2v) is 11.2. The fourth-order valence-corrected chi connectivity index (χ4v) is 5.49. The van der Waals surface area contributed by atoms with Gasteiger partial charge in [-0.3, -0.25) is 4.79 Å². The third-order valence-electron chi connectivity index (χ3n) is 7.70. The van der Waals surface area contributed by atoms with Crippen LogP contribution in [0.3, 0.4) is 0 Å². The van der Waals surface area contributed by atoms with Gasteiger partial charge in [-0.15, -0.1) is 0 Å². The van der Waals surface area contributed by atoms with Crippen LogP contribution in [0.5, 0.6) is 0 Å². The molecule has 12 nitrogen and oxygen atoms in total. The Morgan fingerprint density at radius 3 is 2.68 bits per heavy atom. The van der Waals surface area contributed by atoms with E-state index >= 15 is 0 Å². The number of hydrogen-bond acceptors (Lipinski definition) is 9. The zero-order chi connectivity index (χ0) is 28.5. The number of hydrogen-bond donors (Lipinski definition) is 2. The van der Waals surface area contributed by atoms with E-state index in [1.807, 2.05) is 24.4 Å². The molecule has 3 aromatic heterocycles. The number of nitrogens with one attached hydrogen (secondary N) is 1. The second-order valence-electron chi connectivity index (χ2n) is 10.8. The van der Waals surface area contributed by atoms with Crippen LogP contribution in [0.2, 0.25) is 5.02 Å². The molecule has 13 heteroatoms. The molecule has 0 radical (unpaired) electrons. The molecule has 0 saturated carbocycles. The topological polar surface area (TPSA) is 132 Å². The molecule has 2 aliphatic rings. The summed E-state index contributed by atoms with van der Waals surface area (Å²) in [7, 11) is 0. The van der Waals surface area contributed by atoms with Gasteiger partial charge in [0.25, 0.3) is 5.91 Å². The molecule has 1 amide bonds. The fraction of sp³-hybridized carbons (Fsp3) is 0.464. The third kappa shape index (κ3) is 5.59. The number of rotatable bonds is 7. The summed E-state index contributed by atoms with van der Waals surface area (Å²) in [5.41, 5.74) is 9.94. The molecule has 41 heavy (non-hydrogen) atoms. The molecule has 0 spiro atoms. The minimum absolute atomic E-state index is 0.108. The number of ether oxygens (including phenoxy) is 1. The summed E-state index contributed by atoms with van der Waals surface area (Å²) in [6.45, 7) is 8.42. The number of anilines is 2. The van der Waals surface area contributed by atoms with Crippen LogP contribution in [0.4, 0.5) is 11.9 Å². The van der Waals surface area contributed by atoms with Crippen molar-refractivity contribution in [3.8, 4) is 5.69 Å². The fourth-order valence-electron chi connectivity index (χ4n) is 5.25. The Balaban J connectivity index is 1.30. The highest BCUT2D eigenvalue weighted by Gasteiger charge is 2.24. The molecular weight excluding hydrogens is 544 g/mol. The van der Waals surface area contributed by atoms with Crippen LogP contribution in [0.15, 0.2) is 36.7 Å². The largest absolute Gasteiger partial charge is 0.378 e. The van der Waals surface area contributed by atoms with Gasteiger partial charge in [-0.2, -0.15) is 24.7 Å². The number of carbonyl (C=O) groups excluding carboxylic acids is 1. The number of nitrogens with two attached hydrogens (primary N) is 1. The van der Waals surface area contributed by atoms with Crippen molar-refractivity contribution in [3.05, 3.63) is 58.5 Å². The van der Waals surface area contributed by atoms with E-state index in [2.05, 4.69) is 34.3 Å². The Hall–Kier alpha value is -3.74. The first-order chi connectivity index (χ1) is 19.9. The van der Waals surface area contributed by atoms with Crippen LogP contribution in [-0.2, 0) is 11.3 Å². The average molecular weight is 579 g/mol. The highest BCUT2D eigenvalue weighted by molar-refractivity contribution is 6.31. The number of amides is 1. The Morgan fingerprint density at radius 2 is 1.93 bits per heavy atom. The number of morpholine rings is 1. The van der Waals surface area contributed by atoms with Gasteiger partial charge in [0, 0.05) is 61.1 Å². The predicted octanol–water partition coefficient (Wildman–Crippen LogP) is 3.10. The predicted molar refractivity (Wildman–Crippen MR) is 157 cm³/mol. The zero-order valence-electron chi connectivity index (χ0n) is 23.3. The van der Waals surface area contributed by atoms with Crippen LogP contribution in [-0.4, -0.2) is 85.6 Å². The highest BCUT2D eigenvalue weighted by Crippen LogP contribution is 2.27. The van der Waals surface area contributed by atoms with E-state index in [9.17, 15) is 4.79 Å². The Morgan fingerprint density at radius 1 is 1.15 bits per heavy atom. The Bertz CT molecular complexity index is 1540. The standard InChI is InChI=1S/C28H35ClN10O2/c1-18(2)20-17-32-39-25(20)33-28(37-9-6-19(30)7-10-37)34-27(39)31-16-21-22(29)4-3-5-24(21)38-11-8-23(35-38)26(40)36-12-14-41-15-13-36/h3-5,8,11,17-19H,6-7,9-10,12-16,30H2,1-2H3,(H,31,33,34). The minimum atomic E-state index is -0.108. The van der Waals surface area contributed by atoms with Crippen LogP contribution >= 0.6 is 11.6 Å². The van der Waals surface area contributed by atoms with Crippen molar-refractivity contribution in [2.75, 3.05) is 49.6 Å². The summed E-state index contributed by atoms with van der Waals surface area (Å²) in [6.07, 6.45) is 5.44. The quantitative estimate of drug-likeness (QED) is 0.339. The third-order valence-corrected chi connectivity index (χ3v) is 8.05. The van der Waals surface area contributed by atoms with E-state index in [1.165, 1.54) is 0 Å². The monoisotopic (exact) mass is 578 g/mol. The highest BCUT2D eigenvalue weighted by atomic mass is 35.5. The molecule has 3 N–H and O–H groups in total. The van der Waals surface area contributed by atoms with Crippen molar-refractivity contribution in [1.82, 2.24) is 34.3 Å². The SMILES string of the molecule is CC(C)c1cnn2c(NCc3c(Cl)cccc3-n3ccc(C(=O)N4CCOCC4)n3)nc(N3CCC(N)CC3)nc12. The molecule has 0 aliphatic carbocycles. The van der Waals surface area contributed by atoms with Crippen molar-refractivity contribution in [2.24, 2.45) is 5.73 Å². The van der Waals surface area contributed by atoms with Gasteiger partial charge in [0.05, 0.1) is 25.1 Å². The molecule has 0 unspecified atom stereocenters. The lowest BCUT2D eigenvalue weighted by Crippen LogP contribution is -2.40. The number of aromatic nitrogens is 6. The maximum atomic E-state index is 13.0. The first-order valence-corrected chi connectivity index (χ1v) is 14.5. The van der Waals surface area contributed by atoms with Crippen LogP contribution in [0, 0.1) is 0 Å². The molecule has 5 heterocycles. The lowest BCUT2D eigenvalue weighted by molar-refractivity contribution is 0.0298. The van der Waals surface area contributed by atoms with Crippen LogP contribution in [0.25, 0.3) is 11.3 Å². The van der Waals surface area contributed by atoms with Gasteiger partial charge < -0.3 is 25.6 Å². The van der Waals surface area contributed by atoms with Gasteiger partial charge in [0.1, 0.15) is 0 Å². The molecule has 6 rings (SSSR count). The summed E-state index contributed by atoms with van der Waals surface area (Å²) in [6, 6.07) is 7.59. The van der Waals surface area contributed by atoms with Gasteiger partial charge in [0.2, 0.25) is 11.9 Å². The molecule has 2 aliphatic heterocycles. The van der Waals surface area contributed by atoms with E-state index in [4.69, 9.17) is 32.0 Å². The first kappa shape index (κ1) is 27.4. The maximum Gasteiger partial charge on any atom is 0.274 e. The lowest BCUT2D eigenvalue weighted by Gasteiger charge is -2.30. The van der Waals surface area contributed by atoms with Crippen LogP contribution < -0.4 is 16.0 Å². The number of carbonyl (C=O) groups is 1.